The van der Waals surface area contributed by atoms with Gasteiger partial charge in [-0.2, -0.15) is 18.2 Å². The molecule has 1 N–H and O–H groups in total. The third-order valence-corrected chi connectivity index (χ3v) is 2.91. The number of alkyl halides is 3. The Bertz CT molecular complexity index is 688. The van der Waals surface area contributed by atoms with Crippen LogP contribution < -0.4 is 10.1 Å². The van der Waals surface area contributed by atoms with Crippen LogP contribution in [0, 0.1) is 0 Å². The first kappa shape index (κ1) is 17.6. The topological polar surface area (TPSA) is 47.0 Å². The zero-order valence-electron chi connectivity index (χ0n) is 12.1. The number of nitrogens with one attached hydrogen (secondary N) is 1. The lowest BCUT2D eigenvalue weighted by atomic mass is 10.3. The fourth-order valence-electron chi connectivity index (χ4n) is 1.65. The molecule has 0 aliphatic carbocycles. The minimum absolute atomic E-state index is 0.146. The molecule has 0 radical (unpaired) electrons. The van der Waals surface area contributed by atoms with Gasteiger partial charge in [0.15, 0.2) is 5.69 Å². The molecule has 0 aliphatic heterocycles. The molecule has 4 nitrogen and oxygen atoms in total. The zero-order chi connectivity index (χ0) is 17.2. The van der Waals surface area contributed by atoms with E-state index in [1.54, 1.807) is 13.8 Å². The fourth-order valence-corrected chi connectivity index (χ4v) is 2.16. The van der Waals surface area contributed by atoms with Gasteiger partial charge in [-0.3, -0.25) is 0 Å². The van der Waals surface area contributed by atoms with Crippen molar-refractivity contribution in [2.75, 3.05) is 5.32 Å². The Morgan fingerprint density at radius 2 is 1.65 bits per heavy atom. The van der Waals surface area contributed by atoms with Crippen molar-refractivity contribution in [3.63, 3.8) is 0 Å². The largest absolute Gasteiger partial charge is 0.439 e. The third kappa shape index (κ3) is 5.14. The van der Waals surface area contributed by atoms with Crippen molar-refractivity contribution in [3.8, 4) is 11.6 Å². The summed E-state index contributed by atoms with van der Waals surface area (Å²) in [6.45, 7) is 3.50. The second kappa shape index (κ2) is 6.80. The highest BCUT2D eigenvalue weighted by atomic mass is 35.5. The van der Waals surface area contributed by atoms with Crippen molar-refractivity contribution in [2.24, 2.45) is 0 Å². The molecule has 9 heteroatoms. The Balaban J connectivity index is 2.40. The van der Waals surface area contributed by atoms with Crippen molar-refractivity contribution in [2.45, 2.75) is 26.1 Å². The Labute approximate surface area is 140 Å². The standard InChI is InChI=1S/C14H12Cl2F3N3O/c1-7(2)20-13-21-11(14(17,18)19)6-12(22-13)23-10-4-8(15)3-9(16)5-10/h3-7H,1-2H3,(H,20,21,22). The number of benzene rings is 1. The minimum Gasteiger partial charge on any atom is -0.439 e. The van der Waals surface area contributed by atoms with Crippen LogP contribution in [0.1, 0.15) is 19.5 Å². The molecule has 0 bridgehead atoms. The molecule has 0 atom stereocenters. The van der Waals surface area contributed by atoms with Crippen LogP contribution in [0.25, 0.3) is 0 Å². The molecule has 1 heterocycles. The molecule has 0 amide bonds. The third-order valence-electron chi connectivity index (χ3n) is 2.47. The molecule has 124 valence electrons. The van der Waals surface area contributed by atoms with Gasteiger partial charge >= 0.3 is 6.18 Å². The Kier molecular flexibility index (Phi) is 5.21. The van der Waals surface area contributed by atoms with Crippen LogP contribution in [-0.4, -0.2) is 16.0 Å². The first-order chi connectivity index (χ1) is 10.6. The monoisotopic (exact) mass is 365 g/mol. The van der Waals surface area contributed by atoms with Crippen LogP contribution in [0.2, 0.25) is 10.0 Å². The average molecular weight is 366 g/mol. The predicted octanol–water partition coefficient (Wildman–Crippen LogP) is 5.41. The molecule has 0 spiro atoms. The first-order valence-electron chi connectivity index (χ1n) is 6.50. The summed E-state index contributed by atoms with van der Waals surface area (Å²) in [5.74, 6) is -0.281. The highest BCUT2D eigenvalue weighted by Gasteiger charge is 2.34. The number of anilines is 1. The molecule has 0 aliphatic rings. The van der Waals surface area contributed by atoms with E-state index in [9.17, 15) is 13.2 Å². The van der Waals surface area contributed by atoms with Crippen LogP contribution >= 0.6 is 23.2 Å². The smallest absolute Gasteiger partial charge is 0.433 e. The number of hydrogen-bond acceptors (Lipinski definition) is 4. The number of aromatic nitrogens is 2. The van der Waals surface area contributed by atoms with Gasteiger partial charge in [0.1, 0.15) is 5.75 Å². The van der Waals surface area contributed by atoms with E-state index in [0.29, 0.717) is 6.07 Å². The normalized spacial score (nSPS) is 11.7. The quantitative estimate of drug-likeness (QED) is 0.786. The van der Waals surface area contributed by atoms with Crippen LogP contribution in [0.15, 0.2) is 24.3 Å². The van der Waals surface area contributed by atoms with E-state index in [2.05, 4.69) is 15.3 Å². The molecule has 23 heavy (non-hydrogen) atoms. The van der Waals surface area contributed by atoms with E-state index in [-0.39, 0.29) is 33.7 Å². The van der Waals surface area contributed by atoms with Crippen LogP contribution in [0.4, 0.5) is 19.1 Å². The van der Waals surface area contributed by atoms with Crippen LogP contribution in [0.5, 0.6) is 11.6 Å². The molecule has 0 fully saturated rings. The summed E-state index contributed by atoms with van der Waals surface area (Å²) in [7, 11) is 0. The SMILES string of the molecule is CC(C)Nc1nc(Oc2cc(Cl)cc(Cl)c2)cc(C(F)(F)F)n1. The molecular formula is C14H12Cl2F3N3O. The van der Waals surface area contributed by atoms with Gasteiger partial charge in [0, 0.05) is 22.2 Å². The van der Waals surface area contributed by atoms with Gasteiger partial charge in [0.25, 0.3) is 0 Å². The first-order valence-corrected chi connectivity index (χ1v) is 7.26. The van der Waals surface area contributed by atoms with Crippen molar-refractivity contribution < 1.29 is 17.9 Å². The van der Waals surface area contributed by atoms with E-state index in [1.807, 2.05) is 0 Å². The zero-order valence-corrected chi connectivity index (χ0v) is 13.6. The van der Waals surface area contributed by atoms with Gasteiger partial charge in [0.2, 0.25) is 11.8 Å². The van der Waals surface area contributed by atoms with E-state index < -0.39 is 11.9 Å². The fraction of sp³-hybridized carbons (Fsp3) is 0.286. The van der Waals surface area contributed by atoms with Gasteiger partial charge in [-0.25, -0.2) is 4.98 Å². The lowest BCUT2D eigenvalue weighted by Gasteiger charge is -2.13. The van der Waals surface area contributed by atoms with Gasteiger partial charge < -0.3 is 10.1 Å². The van der Waals surface area contributed by atoms with Crippen molar-refractivity contribution in [1.82, 2.24) is 9.97 Å². The molecule has 1 aromatic heterocycles. The maximum atomic E-state index is 12.9. The maximum Gasteiger partial charge on any atom is 0.433 e. The van der Waals surface area contributed by atoms with Crippen LogP contribution in [0.3, 0.4) is 0 Å². The summed E-state index contributed by atoms with van der Waals surface area (Å²) in [5, 5.41) is 3.29. The number of nitrogens with zero attached hydrogens (tertiary/aromatic N) is 2. The predicted molar refractivity (Wildman–Crippen MR) is 82.3 cm³/mol. The van der Waals surface area contributed by atoms with E-state index in [4.69, 9.17) is 27.9 Å². The number of rotatable bonds is 4. The summed E-state index contributed by atoms with van der Waals surface area (Å²) < 4.78 is 44.1. The molecular weight excluding hydrogens is 354 g/mol. The molecule has 0 saturated heterocycles. The highest BCUT2D eigenvalue weighted by Crippen LogP contribution is 2.33. The second-order valence-corrected chi connectivity index (χ2v) is 5.79. The van der Waals surface area contributed by atoms with Crippen LogP contribution in [-0.2, 0) is 6.18 Å². The lowest BCUT2D eigenvalue weighted by molar-refractivity contribution is -0.141. The number of halogens is 5. The van der Waals surface area contributed by atoms with Gasteiger partial charge in [0.05, 0.1) is 0 Å². The van der Waals surface area contributed by atoms with Gasteiger partial charge in [-0.05, 0) is 32.0 Å². The molecule has 0 unspecified atom stereocenters. The average Bonchev–Trinajstić information content (AvgIpc) is 2.34. The maximum absolute atomic E-state index is 12.9. The summed E-state index contributed by atoms with van der Waals surface area (Å²) in [5.41, 5.74) is -1.11. The van der Waals surface area contributed by atoms with E-state index in [1.165, 1.54) is 18.2 Å². The number of ether oxygens (including phenoxy) is 1. The Morgan fingerprint density at radius 1 is 1.04 bits per heavy atom. The molecule has 2 rings (SSSR count). The van der Waals surface area contributed by atoms with E-state index in [0.717, 1.165) is 0 Å². The van der Waals surface area contributed by atoms with E-state index >= 15 is 0 Å². The molecule has 2 aromatic rings. The highest BCUT2D eigenvalue weighted by molar-refractivity contribution is 6.34. The number of hydrogen-bond donors (Lipinski definition) is 1. The Morgan fingerprint density at radius 3 is 2.17 bits per heavy atom. The summed E-state index contributed by atoms with van der Waals surface area (Å²) in [6, 6.07) is 4.87. The van der Waals surface area contributed by atoms with Gasteiger partial charge in [-0.1, -0.05) is 23.2 Å². The Hall–Kier alpha value is -1.73. The molecule has 0 saturated carbocycles. The van der Waals surface area contributed by atoms with Crippen molar-refractivity contribution >= 4 is 29.2 Å². The molecule has 1 aromatic carbocycles. The van der Waals surface area contributed by atoms with Crippen molar-refractivity contribution in [1.29, 1.82) is 0 Å². The summed E-state index contributed by atoms with van der Waals surface area (Å²) in [6.07, 6.45) is -4.62. The lowest BCUT2D eigenvalue weighted by Crippen LogP contribution is -2.16. The van der Waals surface area contributed by atoms with Gasteiger partial charge in [-0.15, -0.1) is 0 Å². The minimum atomic E-state index is -4.62. The van der Waals surface area contributed by atoms with Crippen molar-refractivity contribution in [3.05, 3.63) is 40.0 Å². The summed E-state index contributed by atoms with van der Waals surface area (Å²) >= 11 is 11.7. The second-order valence-electron chi connectivity index (χ2n) is 4.92. The summed E-state index contributed by atoms with van der Waals surface area (Å²) in [4.78, 5) is 7.35.